The minimum absolute atomic E-state index is 0.0713. The molecule has 1 aliphatic carbocycles. The standard InChI is InChI=1S/C14H28O/c1-5-12(15)10-11-8-6-7-9-13(11)14(2,3)4/h11-13,15H,5-10H2,1-4H3. The number of hydrogen-bond acceptors (Lipinski definition) is 1. The Hall–Kier alpha value is -0.0400. The van der Waals surface area contributed by atoms with Crippen LogP contribution in [0.2, 0.25) is 0 Å². The van der Waals surface area contributed by atoms with E-state index in [2.05, 4.69) is 27.7 Å². The fraction of sp³-hybridized carbons (Fsp3) is 1.00. The second-order valence-electron chi connectivity index (χ2n) is 6.31. The van der Waals surface area contributed by atoms with E-state index in [-0.39, 0.29) is 6.10 Å². The average molecular weight is 212 g/mol. The van der Waals surface area contributed by atoms with Gasteiger partial charge in [-0.3, -0.25) is 0 Å². The van der Waals surface area contributed by atoms with Crippen LogP contribution in [-0.4, -0.2) is 11.2 Å². The SMILES string of the molecule is CCC(O)CC1CCCCC1C(C)(C)C. The third-order valence-electron chi connectivity index (χ3n) is 4.07. The molecule has 15 heavy (non-hydrogen) atoms. The Morgan fingerprint density at radius 2 is 1.80 bits per heavy atom. The van der Waals surface area contributed by atoms with Gasteiger partial charge in [0.15, 0.2) is 0 Å². The summed E-state index contributed by atoms with van der Waals surface area (Å²) in [6.45, 7) is 9.15. The van der Waals surface area contributed by atoms with Gasteiger partial charge in [-0.05, 0) is 36.5 Å². The summed E-state index contributed by atoms with van der Waals surface area (Å²) in [5.41, 5.74) is 0.415. The van der Waals surface area contributed by atoms with Crippen LogP contribution in [-0.2, 0) is 0 Å². The van der Waals surface area contributed by atoms with Gasteiger partial charge in [-0.25, -0.2) is 0 Å². The van der Waals surface area contributed by atoms with Gasteiger partial charge in [-0.15, -0.1) is 0 Å². The number of hydrogen-bond donors (Lipinski definition) is 1. The molecule has 0 aliphatic heterocycles. The monoisotopic (exact) mass is 212 g/mol. The van der Waals surface area contributed by atoms with Crippen LogP contribution >= 0.6 is 0 Å². The zero-order valence-electron chi connectivity index (χ0n) is 10.9. The van der Waals surface area contributed by atoms with Crippen molar-refractivity contribution in [3.8, 4) is 0 Å². The number of aliphatic hydroxyl groups excluding tert-OH is 1. The first-order valence-electron chi connectivity index (χ1n) is 6.63. The third-order valence-corrected chi connectivity index (χ3v) is 4.07. The molecule has 0 heterocycles. The van der Waals surface area contributed by atoms with Crippen LogP contribution in [0.15, 0.2) is 0 Å². The van der Waals surface area contributed by atoms with Crippen molar-refractivity contribution < 1.29 is 5.11 Å². The van der Waals surface area contributed by atoms with Crippen molar-refractivity contribution in [2.75, 3.05) is 0 Å². The second-order valence-corrected chi connectivity index (χ2v) is 6.31. The van der Waals surface area contributed by atoms with Crippen molar-refractivity contribution in [2.24, 2.45) is 17.3 Å². The summed E-state index contributed by atoms with van der Waals surface area (Å²) in [6.07, 6.45) is 7.32. The Bertz CT molecular complexity index is 180. The molecule has 90 valence electrons. The van der Waals surface area contributed by atoms with E-state index in [0.29, 0.717) is 5.41 Å². The zero-order chi connectivity index (χ0) is 11.5. The van der Waals surface area contributed by atoms with Gasteiger partial charge < -0.3 is 5.11 Å². The molecule has 0 spiro atoms. The summed E-state index contributed by atoms with van der Waals surface area (Å²) < 4.78 is 0. The van der Waals surface area contributed by atoms with Crippen molar-refractivity contribution in [1.82, 2.24) is 0 Å². The number of rotatable bonds is 3. The smallest absolute Gasteiger partial charge is 0.0540 e. The summed E-state index contributed by atoms with van der Waals surface area (Å²) in [5.74, 6) is 1.57. The minimum Gasteiger partial charge on any atom is -0.393 e. The molecule has 0 radical (unpaired) electrons. The highest BCUT2D eigenvalue weighted by Crippen LogP contribution is 2.43. The Morgan fingerprint density at radius 1 is 1.20 bits per heavy atom. The highest BCUT2D eigenvalue weighted by molar-refractivity contribution is 4.84. The fourth-order valence-electron chi connectivity index (χ4n) is 3.15. The van der Waals surface area contributed by atoms with Crippen molar-refractivity contribution in [3.05, 3.63) is 0 Å². The summed E-state index contributed by atoms with van der Waals surface area (Å²) in [4.78, 5) is 0. The fourth-order valence-corrected chi connectivity index (χ4v) is 3.15. The molecule has 0 aromatic rings. The van der Waals surface area contributed by atoms with Gasteiger partial charge in [0.25, 0.3) is 0 Å². The molecule has 0 aromatic heterocycles. The Kier molecular flexibility index (Phi) is 4.64. The highest BCUT2D eigenvalue weighted by atomic mass is 16.3. The molecule has 1 heteroatoms. The summed E-state index contributed by atoms with van der Waals surface area (Å²) >= 11 is 0. The zero-order valence-corrected chi connectivity index (χ0v) is 10.9. The molecule has 1 aliphatic rings. The van der Waals surface area contributed by atoms with Crippen LogP contribution in [0.25, 0.3) is 0 Å². The number of aliphatic hydroxyl groups is 1. The van der Waals surface area contributed by atoms with Crippen molar-refractivity contribution in [3.63, 3.8) is 0 Å². The lowest BCUT2D eigenvalue weighted by Crippen LogP contribution is -2.33. The van der Waals surface area contributed by atoms with E-state index in [1.807, 2.05) is 0 Å². The van der Waals surface area contributed by atoms with Crippen molar-refractivity contribution >= 4 is 0 Å². The molecule has 0 aromatic carbocycles. The normalized spacial score (nSPS) is 30.2. The van der Waals surface area contributed by atoms with Gasteiger partial charge in [0.2, 0.25) is 0 Å². The third kappa shape index (κ3) is 3.79. The first-order chi connectivity index (χ1) is 6.95. The summed E-state index contributed by atoms with van der Waals surface area (Å²) in [6, 6.07) is 0. The van der Waals surface area contributed by atoms with Crippen molar-refractivity contribution in [1.29, 1.82) is 0 Å². The molecular weight excluding hydrogens is 184 g/mol. The highest BCUT2D eigenvalue weighted by Gasteiger charge is 2.34. The molecule has 1 rings (SSSR count). The van der Waals surface area contributed by atoms with E-state index in [0.717, 1.165) is 24.7 Å². The lowest BCUT2D eigenvalue weighted by molar-refractivity contribution is 0.0548. The maximum atomic E-state index is 9.79. The maximum Gasteiger partial charge on any atom is 0.0540 e. The molecule has 1 N–H and O–H groups in total. The minimum atomic E-state index is -0.0713. The molecule has 0 bridgehead atoms. The van der Waals surface area contributed by atoms with Gasteiger partial charge in [0, 0.05) is 0 Å². The van der Waals surface area contributed by atoms with E-state index >= 15 is 0 Å². The lowest BCUT2D eigenvalue weighted by atomic mass is 9.65. The molecule has 1 nitrogen and oxygen atoms in total. The maximum absolute atomic E-state index is 9.79. The van der Waals surface area contributed by atoms with Gasteiger partial charge >= 0.3 is 0 Å². The van der Waals surface area contributed by atoms with Gasteiger partial charge in [-0.2, -0.15) is 0 Å². The van der Waals surface area contributed by atoms with Crippen LogP contribution in [0.1, 0.15) is 66.2 Å². The van der Waals surface area contributed by atoms with Gasteiger partial charge in [0.1, 0.15) is 0 Å². The van der Waals surface area contributed by atoms with E-state index in [1.165, 1.54) is 25.7 Å². The van der Waals surface area contributed by atoms with Crippen LogP contribution in [0, 0.1) is 17.3 Å². The Morgan fingerprint density at radius 3 is 2.33 bits per heavy atom. The van der Waals surface area contributed by atoms with E-state index in [1.54, 1.807) is 0 Å². The van der Waals surface area contributed by atoms with E-state index in [4.69, 9.17) is 0 Å². The van der Waals surface area contributed by atoms with E-state index < -0.39 is 0 Å². The largest absolute Gasteiger partial charge is 0.393 e. The molecule has 0 saturated heterocycles. The first-order valence-corrected chi connectivity index (χ1v) is 6.63. The topological polar surface area (TPSA) is 20.2 Å². The molecule has 0 amide bonds. The summed E-state index contributed by atoms with van der Waals surface area (Å²) in [7, 11) is 0. The van der Waals surface area contributed by atoms with Crippen molar-refractivity contribution in [2.45, 2.75) is 72.3 Å². The van der Waals surface area contributed by atoms with Crippen LogP contribution in [0.4, 0.5) is 0 Å². The molecule has 1 fully saturated rings. The van der Waals surface area contributed by atoms with Crippen LogP contribution in [0.5, 0.6) is 0 Å². The van der Waals surface area contributed by atoms with Crippen LogP contribution < -0.4 is 0 Å². The van der Waals surface area contributed by atoms with E-state index in [9.17, 15) is 5.11 Å². The van der Waals surface area contributed by atoms with Gasteiger partial charge in [-0.1, -0.05) is 47.0 Å². The Balaban J connectivity index is 2.58. The first kappa shape index (κ1) is 13.0. The predicted octanol–water partition coefficient (Wildman–Crippen LogP) is 4.00. The van der Waals surface area contributed by atoms with Crippen LogP contribution in [0.3, 0.4) is 0 Å². The van der Waals surface area contributed by atoms with Gasteiger partial charge in [0.05, 0.1) is 6.10 Å². The predicted molar refractivity (Wildman–Crippen MR) is 65.8 cm³/mol. The molecule has 3 unspecified atom stereocenters. The lowest BCUT2D eigenvalue weighted by Gasteiger charge is -2.41. The Labute approximate surface area is 95.3 Å². The molecular formula is C14H28O. The average Bonchev–Trinajstić information content (AvgIpc) is 2.17. The summed E-state index contributed by atoms with van der Waals surface area (Å²) in [5, 5.41) is 9.79. The molecule has 1 saturated carbocycles. The second kappa shape index (κ2) is 5.34. The quantitative estimate of drug-likeness (QED) is 0.749. The molecule has 3 atom stereocenters.